The van der Waals surface area contributed by atoms with E-state index in [0.29, 0.717) is 0 Å². The van der Waals surface area contributed by atoms with E-state index in [-0.39, 0.29) is 25.0 Å². The Balaban J connectivity index is 2.22. The van der Waals surface area contributed by atoms with E-state index < -0.39 is 40.9 Å². The van der Waals surface area contributed by atoms with Gasteiger partial charge in [0.25, 0.3) is 0 Å². The van der Waals surface area contributed by atoms with Crippen LogP contribution in [0.1, 0.15) is 40.0 Å². The highest BCUT2D eigenvalue weighted by Gasteiger charge is 2.61. The van der Waals surface area contributed by atoms with E-state index in [1.165, 1.54) is 7.11 Å². The van der Waals surface area contributed by atoms with Gasteiger partial charge in [-0.25, -0.2) is 0 Å². The van der Waals surface area contributed by atoms with Crippen molar-refractivity contribution in [2.75, 3.05) is 7.11 Å². The predicted molar refractivity (Wildman–Crippen MR) is 72.5 cm³/mol. The highest BCUT2D eigenvalue weighted by molar-refractivity contribution is 6.02. The van der Waals surface area contributed by atoms with Crippen LogP contribution in [0.2, 0.25) is 0 Å². The molecule has 7 heteroatoms. The van der Waals surface area contributed by atoms with Crippen molar-refractivity contribution in [3.05, 3.63) is 0 Å². The van der Waals surface area contributed by atoms with Crippen molar-refractivity contribution in [2.24, 2.45) is 11.8 Å². The zero-order chi connectivity index (χ0) is 16.7. The van der Waals surface area contributed by atoms with Crippen molar-refractivity contribution in [1.82, 2.24) is 0 Å². The van der Waals surface area contributed by atoms with Gasteiger partial charge in [-0.2, -0.15) is 0 Å². The van der Waals surface area contributed by atoms with E-state index in [0.717, 1.165) is 0 Å². The number of carbonyl (C=O) groups is 4. The number of methoxy groups -OCH3 is 1. The molecule has 0 spiro atoms. The van der Waals surface area contributed by atoms with Crippen molar-refractivity contribution in [3.63, 3.8) is 0 Å². The summed E-state index contributed by atoms with van der Waals surface area (Å²) in [5.41, 5.74) is -2.32. The topological polar surface area (TPSA) is 96.0 Å². The average molecular weight is 312 g/mol. The monoisotopic (exact) mass is 312 g/mol. The fourth-order valence-electron chi connectivity index (χ4n) is 2.97. The van der Waals surface area contributed by atoms with Gasteiger partial charge in [0.1, 0.15) is 5.60 Å². The average Bonchev–Trinajstić information content (AvgIpc) is 2.37. The summed E-state index contributed by atoms with van der Waals surface area (Å²) < 4.78 is 15.1. The van der Waals surface area contributed by atoms with Gasteiger partial charge in [-0.3, -0.25) is 19.2 Å². The number of Topliss-reactive ketones (excluding diaryl/α,β-unsaturated/α-hetero) is 1. The molecule has 2 saturated heterocycles. The van der Waals surface area contributed by atoms with E-state index in [1.54, 1.807) is 20.8 Å². The predicted octanol–water partition coefficient (Wildman–Crippen LogP) is 0.782. The van der Waals surface area contributed by atoms with Crippen LogP contribution in [0.15, 0.2) is 0 Å². The van der Waals surface area contributed by atoms with Crippen LogP contribution in [0.3, 0.4) is 0 Å². The first-order chi connectivity index (χ1) is 10.1. The molecule has 0 aromatic rings. The van der Waals surface area contributed by atoms with Crippen LogP contribution in [0.25, 0.3) is 0 Å². The molecule has 3 atom stereocenters. The minimum Gasteiger partial charge on any atom is -0.469 e. The molecule has 2 heterocycles. The number of hydrogen-bond donors (Lipinski definition) is 0. The molecule has 0 aromatic carbocycles. The van der Waals surface area contributed by atoms with Crippen LogP contribution in [-0.2, 0) is 33.4 Å². The lowest BCUT2D eigenvalue weighted by molar-refractivity contribution is -0.206. The van der Waals surface area contributed by atoms with Crippen molar-refractivity contribution in [3.8, 4) is 0 Å². The van der Waals surface area contributed by atoms with Gasteiger partial charge in [-0.1, -0.05) is 0 Å². The molecule has 7 nitrogen and oxygen atoms in total. The Hall–Kier alpha value is -1.92. The molecule has 0 radical (unpaired) electrons. The SMILES string of the molecule is COC(=O)[C@H]1C[C@]2(CC(=O)OC(C)(C)C)OC(=O)[C@H]1CC2=O. The lowest BCUT2D eigenvalue weighted by Gasteiger charge is -2.46. The summed E-state index contributed by atoms with van der Waals surface area (Å²) >= 11 is 0. The molecular formula is C15H20O7. The Bertz CT molecular complexity index is 530. The fraction of sp³-hybridized carbons (Fsp3) is 0.733. The molecule has 0 amide bonds. The zero-order valence-electron chi connectivity index (χ0n) is 13.1. The lowest BCUT2D eigenvalue weighted by atomic mass is 9.66. The largest absolute Gasteiger partial charge is 0.469 e. The molecule has 1 saturated carbocycles. The second-order valence-electron chi connectivity index (χ2n) is 6.75. The Morgan fingerprint density at radius 1 is 1.32 bits per heavy atom. The van der Waals surface area contributed by atoms with Crippen LogP contribution in [0.4, 0.5) is 0 Å². The molecule has 0 unspecified atom stereocenters. The Labute approximate surface area is 128 Å². The molecule has 2 aliphatic heterocycles. The normalized spacial score (nSPS) is 30.7. The Morgan fingerprint density at radius 3 is 2.50 bits per heavy atom. The fourth-order valence-corrected chi connectivity index (χ4v) is 2.97. The molecule has 3 fully saturated rings. The number of ether oxygens (including phenoxy) is 3. The summed E-state index contributed by atoms with van der Waals surface area (Å²) in [5, 5.41) is 0. The Kier molecular flexibility index (Phi) is 4.02. The van der Waals surface area contributed by atoms with E-state index >= 15 is 0 Å². The molecule has 1 aliphatic carbocycles. The third-order valence-corrected chi connectivity index (χ3v) is 3.90. The van der Waals surface area contributed by atoms with Gasteiger partial charge < -0.3 is 14.2 Å². The van der Waals surface area contributed by atoms with Crippen LogP contribution in [0.5, 0.6) is 0 Å². The molecular weight excluding hydrogens is 292 g/mol. The van der Waals surface area contributed by atoms with E-state index in [1.807, 2.05) is 0 Å². The number of fused-ring (bicyclic) bond motifs is 3. The first kappa shape index (κ1) is 16.5. The molecule has 0 N–H and O–H groups in total. The van der Waals surface area contributed by atoms with Gasteiger partial charge in [0.05, 0.1) is 25.4 Å². The second kappa shape index (κ2) is 5.37. The molecule has 122 valence electrons. The minimum absolute atomic E-state index is 0.0336. The second-order valence-corrected chi connectivity index (χ2v) is 6.75. The summed E-state index contributed by atoms with van der Waals surface area (Å²) in [6, 6.07) is 0. The van der Waals surface area contributed by atoms with Crippen LogP contribution < -0.4 is 0 Å². The standard InChI is InChI=1S/C15H20O7/c1-14(2,3)21-11(17)7-15-6-9(12(18)20-4)8(5-10(15)16)13(19)22-15/h8-9H,5-7H2,1-4H3/t8-,9-,15+/m0/s1. The number of ketones is 1. The van der Waals surface area contributed by atoms with Gasteiger partial charge in [-0.15, -0.1) is 0 Å². The van der Waals surface area contributed by atoms with Crippen molar-refractivity contribution in [2.45, 2.75) is 51.2 Å². The maximum absolute atomic E-state index is 12.2. The van der Waals surface area contributed by atoms with E-state index in [9.17, 15) is 19.2 Å². The van der Waals surface area contributed by atoms with Crippen LogP contribution in [0, 0.1) is 11.8 Å². The Morgan fingerprint density at radius 2 is 1.95 bits per heavy atom. The molecule has 22 heavy (non-hydrogen) atoms. The third kappa shape index (κ3) is 2.98. The number of carbonyl (C=O) groups excluding carboxylic acids is 4. The maximum Gasteiger partial charge on any atom is 0.311 e. The highest BCUT2D eigenvalue weighted by Crippen LogP contribution is 2.45. The maximum atomic E-state index is 12.2. The first-order valence-corrected chi connectivity index (χ1v) is 7.14. The third-order valence-electron chi connectivity index (χ3n) is 3.90. The number of esters is 3. The van der Waals surface area contributed by atoms with Crippen LogP contribution >= 0.6 is 0 Å². The van der Waals surface area contributed by atoms with Gasteiger partial charge in [0.2, 0.25) is 0 Å². The summed E-state index contributed by atoms with van der Waals surface area (Å²) in [7, 11) is 1.22. The minimum atomic E-state index is -1.60. The summed E-state index contributed by atoms with van der Waals surface area (Å²) in [6.07, 6.45) is -0.523. The van der Waals surface area contributed by atoms with Gasteiger partial charge in [0.15, 0.2) is 11.4 Å². The molecule has 2 bridgehead atoms. The summed E-state index contributed by atoms with van der Waals surface area (Å²) in [4.78, 5) is 48.0. The van der Waals surface area contributed by atoms with Crippen molar-refractivity contribution < 1.29 is 33.4 Å². The van der Waals surface area contributed by atoms with E-state index in [2.05, 4.69) is 4.74 Å². The molecule has 3 rings (SSSR count). The number of rotatable bonds is 3. The van der Waals surface area contributed by atoms with Gasteiger partial charge in [0, 0.05) is 12.8 Å². The molecule has 3 aliphatic rings. The van der Waals surface area contributed by atoms with E-state index in [4.69, 9.17) is 9.47 Å². The van der Waals surface area contributed by atoms with Crippen molar-refractivity contribution >= 4 is 23.7 Å². The first-order valence-electron chi connectivity index (χ1n) is 7.14. The summed E-state index contributed by atoms with van der Waals surface area (Å²) in [6.45, 7) is 5.10. The molecule has 0 aromatic heterocycles. The van der Waals surface area contributed by atoms with Gasteiger partial charge in [-0.05, 0) is 20.8 Å². The van der Waals surface area contributed by atoms with Crippen LogP contribution in [-0.4, -0.2) is 42.0 Å². The van der Waals surface area contributed by atoms with Crippen molar-refractivity contribution in [1.29, 1.82) is 0 Å². The van der Waals surface area contributed by atoms with Gasteiger partial charge >= 0.3 is 17.9 Å². The quantitative estimate of drug-likeness (QED) is 0.561. The highest BCUT2D eigenvalue weighted by atomic mass is 16.6. The zero-order valence-corrected chi connectivity index (χ0v) is 13.1. The smallest absolute Gasteiger partial charge is 0.311 e. The number of hydrogen-bond acceptors (Lipinski definition) is 7. The lowest BCUT2D eigenvalue weighted by Crippen LogP contribution is -2.61. The summed E-state index contributed by atoms with van der Waals surface area (Å²) in [5.74, 6) is -3.76.